The minimum atomic E-state index is -0.607. The number of carbonyl (C=O) groups excluding carboxylic acids is 2. The van der Waals surface area contributed by atoms with E-state index in [1.165, 1.54) is 18.6 Å². The quantitative estimate of drug-likeness (QED) is 0.285. The lowest BCUT2D eigenvalue weighted by molar-refractivity contribution is 0.0949. The molecular weight excluding hydrogens is 504 g/mol. The van der Waals surface area contributed by atoms with Crippen LogP contribution in [0.1, 0.15) is 37.5 Å². The normalized spacial score (nSPS) is 11.2. The van der Waals surface area contributed by atoms with Gasteiger partial charge in [-0.3, -0.25) is 19.6 Å². The average Bonchev–Trinajstić information content (AvgIpc) is 3.24. The van der Waals surface area contributed by atoms with Crippen molar-refractivity contribution in [2.75, 3.05) is 0 Å². The lowest BCUT2D eigenvalue weighted by Crippen LogP contribution is -2.23. The topological polar surface area (TPSA) is 114 Å². The van der Waals surface area contributed by atoms with Gasteiger partial charge in [-0.15, -0.1) is 0 Å². The third-order valence-corrected chi connectivity index (χ3v) is 6.30. The van der Waals surface area contributed by atoms with Gasteiger partial charge >= 0.3 is 0 Å². The summed E-state index contributed by atoms with van der Waals surface area (Å²) in [6.07, 6.45) is 4.83. The molecule has 0 bridgehead atoms. The second-order valence-electron chi connectivity index (χ2n) is 8.23. The van der Waals surface area contributed by atoms with Crippen LogP contribution in [0, 0.1) is 5.82 Å². The monoisotopic (exact) mass is 521 g/mol. The van der Waals surface area contributed by atoms with Crippen LogP contribution in [0.4, 0.5) is 4.39 Å². The molecule has 2 aromatic carbocycles. The van der Waals surface area contributed by atoms with Crippen molar-refractivity contribution < 1.29 is 14.0 Å². The van der Waals surface area contributed by atoms with Crippen molar-refractivity contribution in [2.24, 2.45) is 5.73 Å². The van der Waals surface area contributed by atoms with Crippen molar-refractivity contribution in [3.8, 4) is 0 Å². The number of hydrogen-bond donors (Lipinski definition) is 3. The Hall–Kier alpha value is -4.01. The number of nitrogens with one attached hydrogen (secondary N) is 2. The molecule has 0 saturated carbocycles. The highest BCUT2D eigenvalue weighted by Crippen LogP contribution is 2.28. The molecule has 0 fully saturated rings. The molecular formula is C26H18Cl2FN5O2. The minimum Gasteiger partial charge on any atom is -0.366 e. The molecule has 180 valence electrons. The Bertz CT molecular complexity index is 1670. The molecule has 5 rings (SSSR count). The number of nitrogens with zero attached hydrogens (tertiary/aromatic N) is 2. The van der Waals surface area contributed by atoms with Crippen molar-refractivity contribution in [1.29, 1.82) is 0 Å². The maximum atomic E-state index is 14.8. The number of amides is 2. The SMILES string of the molecule is NC(=O)c1cc(Cc2cc(C(=O)NCc3ccc4[nH]cc(Cl)c4c3F)ccn2)cc2cc(Cl)cnc12. The minimum absolute atomic E-state index is 0.0137. The number of pyridine rings is 2. The van der Waals surface area contributed by atoms with Crippen LogP contribution in [-0.4, -0.2) is 26.8 Å². The second-order valence-corrected chi connectivity index (χ2v) is 9.07. The van der Waals surface area contributed by atoms with Gasteiger partial charge in [0, 0.05) is 59.3 Å². The fourth-order valence-electron chi connectivity index (χ4n) is 4.10. The predicted octanol–water partition coefficient (Wildman–Crippen LogP) is 5.18. The van der Waals surface area contributed by atoms with E-state index in [4.69, 9.17) is 28.9 Å². The molecule has 10 heteroatoms. The Kier molecular flexibility index (Phi) is 6.30. The summed E-state index contributed by atoms with van der Waals surface area (Å²) in [7, 11) is 0. The first-order valence-electron chi connectivity index (χ1n) is 10.8. The van der Waals surface area contributed by atoms with Crippen LogP contribution in [-0.2, 0) is 13.0 Å². The highest BCUT2D eigenvalue weighted by Gasteiger charge is 2.15. The highest BCUT2D eigenvalue weighted by molar-refractivity contribution is 6.35. The largest absolute Gasteiger partial charge is 0.366 e. The summed E-state index contributed by atoms with van der Waals surface area (Å²) in [5.41, 5.74) is 8.89. The van der Waals surface area contributed by atoms with Crippen molar-refractivity contribution >= 4 is 56.8 Å². The predicted molar refractivity (Wildman–Crippen MR) is 137 cm³/mol. The van der Waals surface area contributed by atoms with Gasteiger partial charge in [-0.25, -0.2) is 4.39 Å². The smallest absolute Gasteiger partial charge is 0.251 e. The van der Waals surface area contributed by atoms with Crippen LogP contribution < -0.4 is 11.1 Å². The summed E-state index contributed by atoms with van der Waals surface area (Å²) in [6.45, 7) is -0.0137. The van der Waals surface area contributed by atoms with E-state index in [0.29, 0.717) is 44.7 Å². The molecule has 0 radical (unpaired) electrons. The van der Waals surface area contributed by atoms with E-state index in [0.717, 1.165) is 5.56 Å². The zero-order valence-corrected chi connectivity index (χ0v) is 20.1. The van der Waals surface area contributed by atoms with E-state index in [2.05, 4.69) is 20.3 Å². The summed E-state index contributed by atoms with van der Waals surface area (Å²) < 4.78 is 14.8. The third kappa shape index (κ3) is 4.60. The third-order valence-electron chi connectivity index (χ3n) is 5.79. The van der Waals surface area contributed by atoms with Gasteiger partial charge in [0.2, 0.25) is 0 Å². The Morgan fingerprint density at radius 2 is 1.92 bits per heavy atom. The van der Waals surface area contributed by atoms with Crippen molar-refractivity contribution in [2.45, 2.75) is 13.0 Å². The summed E-state index contributed by atoms with van der Waals surface area (Å²) in [6, 6.07) is 11.7. The van der Waals surface area contributed by atoms with Crippen LogP contribution in [0.5, 0.6) is 0 Å². The number of fused-ring (bicyclic) bond motifs is 2. The fourth-order valence-corrected chi connectivity index (χ4v) is 4.51. The van der Waals surface area contributed by atoms with E-state index in [-0.39, 0.29) is 28.4 Å². The summed E-state index contributed by atoms with van der Waals surface area (Å²) in [5.74, 6) is -1.47. The van der Waals surface area contributed by atoms with Gasteiger partial charge in [-0.05, 0) is 42.0 Å². The van der Waals surface area contributed by atoms with Crippen LogP contribution in [0.15, 0.2) is 61.1 Å². The van der Waals surface area contributed by atoms with E-state index in [1.807, 2.05) is 6.07 Å². The second kappa shape index (κ2) is 9.56. The first-order valence-corrected chi connectivity index (χ1v) is 11.6. The Morgan fingerprint density at radius 3 is 2.72 bits per heavy atom. The number of H-pyrrole nitrogens is 1. The first kappa shape index (κ1) is 23.7. The molecule has 3 aromatic heterocycles. The number of aromatic nitrogens is 3. The number of carbonyl (C=O) groups is 2. The van der Waals surface area contributed by atoms with Crippen molar-refractivity contribution in [3.05, 3.63) is 105 Å². The Labute approximate surface area is 214 Å². The molecule has 5 aromatic rings. The zero-order chi connectivity index (χ0) is 25.4. The lowest BCUT2D eigenvalue weighted by Gasteiger charge is -2.10. The molecule has 4 N–H and O–H groups in total. The summed E-state index contributed by atoms with van der Waals surface area (Å²) in [4.78, 5) is 36.2. The molecule has 0 unspecified atom stereocenters. The molecule has 3 heterocycles. The average molecular weight is 522 g/mol. The molecule has 0 saturated heterocycles. The standard InChI is InChI=1S/C26H18Cl2FN5O2/c27-17-8-16-5-13(7-19(25(30)35)24(16)33-11-17)6-18-9-14(3-4-31-18)26(36)34-10-15-1-2-21-22(23(15)29)20(28)12-32-21/h1-5,7-9,11-12,32H,6,10H2,(H2,30,35)(H,34,36). The molecule has 7 nitrogen and oxygen atoms in total. The van der Waals surface area contributed by atoms with E-state index >= 15 is 0 Å². The number of nitrogens with two attached hydrogens (primary N) is 1. The molecule has 2 amide bonds. The van der Waals surface area contributed by atoms with Gasteiger partial charge in [0.1, 0.15) is 5.82 Å². The number of halogens is 3. The maximum Gasteiger partial charge on any atom is 0.251 e. The summed E-state index contributed by atoms with van der Waals surface area (Å²) in [5, 5.41) is 4.40. The first-order chi connectivity index (χ1) is 17.3. The number of primary amides is 1. The molecule has 0 spiro atoms. The Balaban J connectivity index is 1.36. The number of aromatic amines is 1. The van der Waals surface area contributed by atoms with Gasteiger partial charge in [-0.2, -0.15) is 0 Å². The molecule has 0 aliphatic heterocycles. The number of benzene rings is 2. The van der Waals surface area contributed by atoms with Crippen molar-refractivity contribution in [3.63, 3.8) is 0 Å². The highest BCUT2D eigenvalue weighted by atomic mass is 35.5. The molecule has 0 aliphatic carbocycles. The van der Waals surface area contributed by atoms with Gasteiger partial charge in [0.05, 0.1) is 26.5 Å². The van der Waals surface area contributed by atoms with E-state index in [9.17, 15) is 14.0 Å². The maximum absolute atomic E-state index is 14.8. The number of rotatable bonds is 6. The van der Waals surface area contributed by atoms with Crippen LogP contribution in [0.2, 0.25) is 10.0 Å². The van der Waals surface area contributed by atoms with Gasteiger partial charge in [0.15, 0.2) is 0 Å². The van der Waals surface area contributed by atoms with E-state index in [1.54, 1.807) is 36.4 Å². The zero-order valence-electron chi connectivity index (χ0n) is 18.6. The fraction of sp³-hybridized carbons (Fsp3) is 0.0769. The summed E-state index contributed by atoms with van der Waals surface area (Å²) >= 11 is 12.1. The van der Waals surface area contributed by atoms with Crippen molar-refractivity contribution in [1.82, 2.24) is 20.3 Å². The lowest BCUT2D eigenvalue weighted by atomic mass is 10.0. The van der Waals surface area contributed by atoms with Crippen LogP contribution >= 0.6 is 23.2 Å². The van der Waals surface area contributed by atoms with Crippen LogP contribution in [0.3, 0.4) is 0 Å². The molecule has 36 heavy (non-hydrogen) atoms. The molecule has 0 aliphatic rings. The molecule has 0 atom stereocenters. The van der Waals surface area contributed by atoms with Gasteiger partial charge in [0.25, 0.3) is 11.8 Å². The van der Waals surface area contributed by atoms with Gasteiger partial charge in [-0.1, -0.05) is 29.3 Å². The van der Waals surface area contributed by atoms with Crippen LogP contribution in [0.25, 0.3) is 21.8 Å². The number of hydrogen-bond acceptors (Lipinski definition) is 4. The van der Waals surface area contributed by atoms with E-state index < -0.39 is 11.7 Å². The van der Waals surface area contributed by atoms with Gasteiger partial charge < -0.3 is 16.0 Å². The Morgan fingerprint density at radius 1 is 1.08 bits per heavy atom.